The van der Waals surface area contributed by atoms with Gasteiger partial charge in [0.05, 0.1) is 25.0 Å². The number of nitrogens with one attached hydrogen (secondary N) is 1. The normalized spacial score (nSPS) is 18.9. The highest BCUT2D eigenvalue weighted by Crippen LogP contribution is 2.46. The summed E-state index contributed by atoms with van der Waals surface area (Å²) in [5, 5.41) is 16.5. The fourth-order valence-corrected chi connectivity index (χ4v) is 2.73. The van der Waals surface area contributed by atoms with Gasteiger partial charge in [-0.1, -0.05) is 11.6 Å². The van der Waals surface area contributed by atoms with E-state index in [0.29, 0.717) is 11.7 Å². The van der Waals surface area contributed by atoms with Gasteiger partial charge >= 0.3 is 0 Å². The van der Waals surface area contributed by atoms with Crippen LogP contribution in [0.25, 0.3) is 0 Å². The van der Waals surface area contributed by atoms with Crippen molar-refractivity contribution in [3.63, 3.8) is 0 Å². The number of rotatable bonds is 6. The van der Waals surface area contributed by atoms with E-state index in [1.54, 1.807) is 6.20 Å². The number of hydrogen-bond acceptors (Lipinski definition) is 4. The Bertz CT molecular complexity index is 511. The van der Waals surface area contributed by atoms with Crippen LogP contribution >= 0.6 is 11.6 Å². The quantitative estimate of drug-likeness (QED) is 0.830. The van der Waals surface area contributed by atoms with Gasteiger partial charge in [-0.2, -0.15) is 5.10 Å². The number of anilines is 1. The summed E-state index contributed by atoms with van der Waals surface area (Å²) in [6.45, 7) is 0.0519. The molecular formula is C13H18ClN3O2. The van der Waals surface area contributed by atoms with Crippen molar-refractivity contribution >= 4 is 17.3 Å². The molecule has 0 spiro atoms. The van der Waals surface area contributed by atoms with Gasteiger partial charge in [-0.15, -0.1) is 0 Å². The van der Waals surface area contributed by atoms with E-state index in [1.165, 1.54) is 30.4 Å². The monoisotopic (exact) mass is 283 g/mol. The number of aliphatic hydroxyl groups excluding tert-OH is 1. The van der Waals surface area contributed by atoms with Gasteiger partial charge in [0.1, 0.15) is 5.02 Å². The summed E-state index contributed by atoms with van der Waals surface area (Å²) in [5.74, 6) is 1.45. The highest BCUT2D eigenvalue weighted by Gasteiger charge is 2.41. The van der Waals surface area contributed by atoms with Gasteiger partial charge in [0.2, 0.25) is 0 Å². The maximum Gasteiger partial charge on any atom is 0.287 e. The van der Waals surface area contributed by atoms with Crippen LogP contribution in [-0.2, 0) is 6.54 Å². The maximum atomic E-state index is 11.9. The van der Waals surface area contributed by atoms with Crippen molar-refractivity contribution < 1.29 is 5.11 Å². The van der Waals surface area contributed by atoms with Gasteiger partial charge in [-0.3, -0.25) is 4.79 Å². The molecular weight excluding hydrogens is 266 g/mol. The SMILES string of the molecule is O=c1c(Cl)c(NC(C2CC2)C2CC2)cnn1CCO. The molecule has 0 unspecified atom stereocenters. The lowest BCUT2D eigenvalue weighted by Gasteiger charge is -2.19. The Balaban J connectivity index is 1.80. The molecule has 0 atom stereocenters. The van der Waals surface area contributed by atoms with Crippen LogP contribution in [0.1, 0.15) is 25.7 Å². The van der Waals surface area contributed by atoms with Crippen molar-refractivity contribution in [1.29, 1.82) is 0 Å². The first kappa shape index (κ1) is 12.9. The van der Waals surface area contributed by atoms with Crippen LogP contribution in [-0.4, -0.2) is 27.5 Å². The zero-order valence-corrected chi connectivity index (χ0v) is 11.4. The fraction of sp³-hybridized carbons (Fsp3) is 0.692. The van der Waals surface area contributed by atoms with Gasteiger partial charge in [0.25, 0.3) is 5.56 Å². The Morgan fingerprint density at radius 3 is 2.58 bits per heavy atom. The van der Waals surface area contributed by atoms with E-state index >= 15 is 0 Å². The number of aliphatic hydroxyl groups is 1. The van der Waals surface area contributed by atoms with Crippen molar-refractivity contribution in [2.45, 2.75) is 38.3 Å². The first-order valence-corrected chi connectivity index (χ1v) is 7.21. The zero-order chi connectivity index (χ0) is 13.4. The second-order valence-corrected chi connectivity index (χ2v) is 5.85. The van der Waals surface area contributed by atoms with Crippen LogP contribution in [0.5, 0.6) is 0 Å². The van der Waals surface area contributed by atoms with Crippen molar-refractivity contribution in [3.8, 4) is 0 Å². The standard InChI is InChI=1S/C13H18ClN3O2/c14-11-10(7-15-17(5-6-18)13(11)19)16-12(8-1-2-8)9-3-4-9/h7-9,12,16,18H,1-6H2. The van der Waals surface area contributed by atoms with Gasteiger partial charge in [0, 0.05) is 6.04 Å². The predicted octanol–water partition coefficient (Wildman–Crippen LogP) is 1.49. The molecule has 3 rings (SSSR count). The molecule has 0 aliphatic heterocycles. The molecule has 19 heavy (non-hydrogen) atoms. The van der Waals surface area contributed by atoms with Crippen LogP contribution < -0.4 is 10.9 Å². The Morgan fingerprint density at radius 1 is 1.42 bits per heavy atom. The third kappa shape index (κ3) is 2.77. The molecule has 6 heteroatoms. The second-order valence-electron chi connectivity index (χ2n) is 5.47. The Morgan fingerprint density at radius 2 is 2.05 bits per heavy atom. The van der Waals surface area contributed by atoms with E-state index in [0.717, 1.165) is 11.8 Å². The lowest BCUT2D eigenvalue weighted by molar-refractivity contribution is 0.266. The van der Waals surface area contributed by atoms with Crippen LogP contribution in [0.3, 0.4) is 0 Å². The molecule has 0 bridgehead atoms. The summed E-state index contributed by atoms with van der Waals surface area (Å²) in [7, 11) is 0. The van der Waals surface area contributed by atoms with Gasteiger partial charge in [-0.05, 0) is 37.5 Å². The van der Waals surface area contributed by atoms with Crippen LogP contribution in [0.4, 0.5) is 5.69 Å². The van der Waals surface area contributed by atoms with Crippen molar-refractivity contribution in [3.05, 3.63) is 21.6 Å². The van der Waals surface area contributed by atoms with E-state index in [2.05, 4.69) is 10.4 Å². The zero-order valence-electron chi connectivity index (χ0n) is 10.7. The topological polar surface area (TPSA) is 67.2 Å². The average Bonchev–Trinajstić information content (AvgIpc) is 3.27. The molecule has 1 aromatic rings. The summed E-state index contributed by atoms with van der Waals surface area (Å²) in [6.07, 6.45) is 6.65. The van der Waals surface area contributed by atoms with Crippen molar-refractivity contribution in [1.82, 2.24) is 9.78 Å². The second kappa shape index (κ2) is 5.13. The van der Waals surface area contributed by atoms with Gasteiger partial charge in [0.15, 0.2) is 0 Å². The smallest absolute Gasteiger partial charge is 0.287 e. The largest absolute Gasteiger partial charge is 0.394 e. The molecule has 0 aromatic carbocycles. The summed E-state index contributed by atoms with van der Waals surface area (Å²) < 4.78 is 1.19. The van der Waals surface area contributed by atoms with E-state index in [-0.39, 0.29) is 23.7 Å². The average molecular weight is 284 g/mol. The summed E-state index contributed by atoms with van der Waals surface area (Å²) in [5.41, 5.74) is 0.288. The molecule has 2 saturated carbocycles. The maximum absolute atomic E-state index is 11.9. The molecule has 2 N–H and O–H groups in total. The van der Waals surface area contributed by atoms with Crippen molar-refractivity contribution in [2.24, 2.45) is 11.8 Å². The van der Waals surface area contributed by atoms with E-state index in [1.807, 2.05) is 0 Å². The molecule has 2 aliphatic carbocycles. The molecule has 2 fully saturated rings. The summed E-state index contributed by atoms with van der Waals surface area (Å²) in [4.78, 5) is 11.9. The Hall–Kier alpha value is -1.07. The van der Waals surface area contributed by atoms with Crippen LogP contribution in [0.2, 0.25) is 5.02 Å². The molecule has 1 heterocycles. The third-order valence-electron chi connectivity index (χ3n) is 3.88. The lowest BCUT2D eigenvalue weighted by Crippen LogP contribution is -2.29. The predicted molar refractivity (Wildman–Crippen MR) is 73.5 cm³/mol. The van der Waals surface area contributed by atoms with E-state index < -0.39 is 0 Å². The molecule has 2 aliphatic rings. The molecule has 0 saturated heterocycles. The highest BCUT2D eigenvalue weighted by atomic mass is 35.5. The fourth-order valence-electron chi connectivity index (χ4n) is 2.53. The molecule has 1 aromatic heterocycles. The minimum absolute atomic E-state index is 0.122. The molecule has 0 radical (unpaired) electrons. The van der Waals surface area contributed by atoms with Gasteiger partial charge < -0.3 is 10.4 Å². The van der Waals surface area contributed by atoms with Crippen molar-refractivity contribution in [2.75, 3.05) is 11.9 Å². The summed E-state index contributed by atoms with van der Waals surface area (Å²) in [6, 6.07) is 0.437. The number of halogens is 1. The molecule has 104 valence electrons. The number of hydrogen-bond donors (Lipinski definition) is 2. The van der Waals surface area contributed by atoms with Crippen LogP contribution in [0, 0.1) is 11.8 Å². The van der Waals surface area contributed by atoms with Crippen LogP contribution in [0.15, 0.2) is 11.0 Å². The Kier molecular flexibility index (Phi) is 3.50. The van der Waals surface area contributed by atoms with Gasteiger partial charge in [-0.25, -0.2) is 4.68 Å². The third-order valence-corrected chi connectivity index (χ3v) is 4.24. The number of nitrogens with zero attached hydrogens (tertiary/aromatic N) is 2. The lowest BCUT2D eigenvalue weighted by atomic mass is 10.1. The van der Waals surface area contributed by atoms with E-state index in [9.17, 15) is 4.79 Å². The first-order valence-electron chi connectivity index (χ1n) is 6.83. The van der Waals surface area contributed by atoms with E-state index in [4.69, 9.17) is 16.7 Å². The minimum Gasteiger partial charge on any atom is -0.394 e. The molecule has 5 nitrogen and oxygen atoms in total. The Labute approximate surface area is 116 Å². The summed E-state index contributed by atoms with van der Waals surface area (Å²) >= 11 is 6.11. The first-order chi connectivity index (χ1) is 9.20. The minimum atomic E-state index is -0.342. The molecule has 0 amide bonds. The number of aromatic nitrogens is 2. The highest BCUT2D eigenvalue weighted by molar-refractivity contribution is 6.32.